The molecule has 0 aromatic heterocycles. The average Bonchev–Trinajstić information content (AvgIpc) is 2.27. The summed E-state index contributed by atoms with van der Waals surface area (Å²) in [6, 6.07) is 9.79. The van der Waals surface area contributed by atoms with Gasteiger partial charge in [-0.2, -0.15) is 0 Å². The molecule has 1 rings (SSSR count). The Morgan fingerprint density at radius 2 is 2.19 bits per heavy atom. The minimum Gasteiger partial charge on any atom is -0.491 e. The fraction of sp³-hybridized carbons (Fsp3) is 0.308. The SMILES string of the molecule is C=C(C)C(=O)CC(O)COc1cc[c]cc1. The number of ether oxygens (including phenoxy) is 1. The molecule has 0 saturated carbocycles. The zero-order chi connectivity index (χ0) is 12.0. The molecular formula is C13H15O3. The van der Waals surface area contributed by atoms with Crippen molar-refractivity contribution in [2.45, 2.75) is 19.4 Å². The van der Waals surface area contributed by atoms with Gasteiger partial charge < -0.3 is 9.84 Å². The van der Waals surface area contributed by atoms with Gasteiger partial charge in [0.1, 0.15) is 12.4 Å². The highest BCUT2D eigenvalue weighted by molar-refractivity contribution is 5.94. The van der Waals surface area contributed by atoms with E-state index in [1.165, 1.54) is 0 Å². The molecule has 85 valence electrons. The molecule has 0 aliphatic carbocycles. The Morgan fingerprint density at radius 1 is 1.56 bits per heavy atom. The molecule has 0 fully saturated rings. The third kappa shape index (κ3) is 4.28. The molecule has 1 N–H and O–H groups in total. The minimum absolute atomic E-state index is 0.0499. The lowest BCUT2D eigenvalue weighted by Crippen LogP contribution is -2.21. The number of aliphatic hydroxyl groups is 1. The summed E-state index contributed by atoms with van der Waals surface area (Å²) in [5.41, 5.74) is 0.452. The van der Waals surface area contributed by atoms with Gasteiger partial charge in [0.25, 0.3) is 0 Å². The molecule has 0 heterocycles. The fourth-order valence-electron chi connectivity index (χ4n) is 1.11. The van der Waals surface area contributed by atoms with E-state index in [2.05, 4.69) is 12.6 Å². The molecule has 1 radical (unpaired) electrons. The zero-order valence-corrected chi connectivity index (χ0v) is 9.27. The van der Waals surface area contributed by atoms with Crippen molar-refractivity contribution in [3.8, 4) is 5.75 Å². The second kappa shape index (κ2) is 6.08. The van der Waals surface area contributed by atoms with Crippen molar-refractivity contribution in [2.24, 2.45) is 0 Å². The first-order chi connectivity index (χ1) is 7.59. The summed E-state index contributed by atoms with van der Waals surface area (Å²) in [5, 5.41) is 9.54. The molecular weight excluding hydrogens is 204 g/mol. The summed E-state index contributed by atoms with van der Waals surface area (Å²) in [5.74, 6) is 0.512. The van der Waals surface area contributed by atoms with Crippen LogP contribution in [0.15, 0.2) is 36.4 Å². The maximum absolute atomic E-state index is 11.2. The first-order valence-corrected chi connectivity index (χ1v) is 5.05. The highest BCUT2D eigenvalue weighted by atomic mass is 16.5. The monoisotopic (exact) mass is 219 g/mol. The summed E-state index contributed by atoms with van der Waals surface area (Å²) < 4.78 is 5.30. The van der Waals surface area contributed by atoms with Crippen molar-refractivity contribution in [1.29, 1.82) is 0 Å². The normalized spacial score (nSPS) is 11.9. The second-order valence-electron chi connectivity index (χ2n) is 3.61. The van der Waals surface area contributed by atoms with E-state index in [0.29, 0.717) is 11.3 Å². The third-order valence-corrected chi connectivity index (χ3v) is 2.03. The number of allylic oxidation sites excluding steroid dienone is 1. The molecule has 1 aromatic carbocycles. The quantitative estimate of drug-likeness (QED) is 0.741. The number of hydrogen-bond acceptors (Lipinski definition) is 3. The van der Waals surface area contributed by atoms with Crippen molar-refractivity contribution < 1.29 is 14.6 Å². The van der Waals surface area contributed by atoms with Gasteiger partial charge in [0.05, 0.1) is 6.10 Å². The molecule has 0 spiro atoms. The molecule has 0 aliphatic rings. The van der Waals surface area contributed by atoms with Crippen LogP contribution in [-0.2, 0) is 4.79 Å². The Hall–Kier alpha value is -1.61. The van der Waals surface area contributed by atoms with Gasteiger partial charge in [-0.1, -0.05) is 18.7 Å². The van der Waals surface area contributed by atoms with Crippen LogP contribution < -0.4 is 4.74 Å². The van der Waals surface area contributed by atoms with Crippen molar-refractivity contribution in [3.63, 3.8) is 0 Å². The van der Waals surface area contributed by atoms with Crippen LogP contribution in [0, 0.1) is 6.07 Å². The zero-order valence-electron chi connectivity index (χ0n) is 9.27. The van der Waals surface area contributed by atoms with Gasteiger partial charge in [0.15, 0.2) is 5.78 Å². The molecule has 0 saturated heterocycles. The number of benzene rings is 1. The largest absolute Gasteiger partial charge is 0.491 e. The highest BCUT2D eigenvalue weighted by Crippen LogP contribution is 2.09. The van der Waals surface area contributed by atoms with Gasteiger partial charge in [-0.15, -0.1) is 0 Å². The van der Waals surface area contributed by atoms with Gasteiger partial charge in [-0.3, -0.25) is 4.79 Å². The predicted octanol–water partition coefficient (Wildman–Crippen LogP) is 1.76. The first-order valence-electron chi connectivity index (χ1n) is 5.05. The maximum atomic E-state index is 11.2. The third-order valence-electron chi connectivity index (χ3n) is 2.03. The fourth-order valence-corrected chi connectivity index (χ4v) is 1.11. The highest BCUT2D eigenvalue weighted by Gasteiger charge is 2.11. The van der Waals surface area contributed by atoms with Gasteiger partial charge in [-0.05, 0) is 30.7 Å². The Labute approximate surface area is 95.4 Å². The number of aliphatic hydroxyl groups excluding tert-OH is 1. The number of ketones is 1. The molecule has 1 aromatic rings. The van der Waals surface area contributed by atoms with Crippen molar-refractivity contribution in [2.75, 3.05) is 6.61 Å². The smallest absolute Gasteiger partial charge is 0.160 e. The second-order valence-corrected chi connectivity index (χ2v) is 3.61. The van der Waals surface area contributed by atoms with E-state index in [-0.39, 0.29) is 18.8 Å². The van der Waals surface area contributed by atoms with Crippen molar-refractivity contribution in [3.05, 3.63) is 42.5 Å². The summed E-state index contributed by atoms with van der Waals surface area (Å²) in [6.45, 7) is 5.25. The molecule has 0 amide bonds. The molecule has 3 nitrogen and oxygen atoms in total. The van der Waals surface area contributed by atoms with Crippen LogP contribution in [0.2, 0.25) is 0 Å². The Kier molecular flexibility index (Phi) is 4.73. The number of hydrogen-bond donors (Lipinski definition) is 1. The van der Waals surface area contributed by atoms with Crippen molar-refractivity contribution >= 4 is 5.78 Å². The lowest BCUT2D eigenvalue weighted by Gasteiger charge is -2.11. The molecule has 3 heteroatoms. The molecule has 0 bridgehead atoms. The Bertz CT molecular complexity index is 357. The van der Waals surface area contributed by atoms with Crippen LogP contribution >= 0.6 is 0 Å². The van der Waals surface area contributed by atoms with E-state index in [9.17, 15) is 9.90 Å². The van der Waals surface area contributed by atoms with Crippen LogP contribution in [-0.4, -0.2) is 23.6 Å². The van der Waals surface area contributed by atoms with Crippen LogP contribution in [0.25, 0.3) is 0 Å². The van der Waals surface area contributed by atoms with Gasteiger partial charge >= 0.3 is 0 Å². The molecule has 0 aliphatic heterocycles. The standard InChI is InChI=1S/C13H15O3/c1-10(2)13(15)8-11(14)9-16-12-6-4-3-5-7-12/h4-7,11,14H,1,8-9H2,2H3. The maximum Gasteiger partial charge on any atom is 0.160 e. The number of carbonyl (C=O) groups is 1. The van der Waals surface area contributed by atoms with E-state index in [1.807, 2.05) is 0 Å². The van der Waals surface area contributed by atoms with E-state index in [4.69, 9.17) is 4.74 Å². The van der Waals surface area contributed by atoms with E-state index < -0.39 is 6.10 Å². The number of rotatable bonds is 6. The summed E-state index contributed by atoms with van der Waals surface area (Å²) in [6.07, 6.45) is -0.748. The van der Waals surface area contributed by atoms with Crippen molar-refractivity contribution in [1.82, 2.24) is 0 Å². The molecule has 1 atom stereocenters. The van der Waals surface area contributed by atoms with E-state index in [0.717, 1.165) is 0 Å². The van der Waals surface area contributed by atoms with E-state index in [1.54, 1.807) is 31.2 Å². The van der Waals surface area contributed by atoms with Gasteiger partial charge in [-0.25, -0.2) is 0 Å². The minimum atomic E-state index is -0.798. The van der Waals surface area contributed by atoms with Crippen LogP contribution in [0.5, 0.6) is 5.75 Å². The number of Topliss-reactive ketones (excluding diaryl/α,β-unsaturated/α-hetero) is 1. The van der Waals surface area contributed by atoms with Crippen LogP contribution in [0.1, 0.15) is 13.3 Å². The van der Waals surface area contributed by atoms with Crippen LogP contribution in [0.4, 0.5) is 0 Å². The molecule has 1 unspecified atom stereocenters. The van der Waals surface area contributed by atoms with E-state index >= 15 is 0 Å². The average molecular weight is 219 g/mol. The molecule has 16 heavy (non-hydrogen) atoms. The topological polar surface area (TPSA) is 46.5 Å². The summed E-state index contributed by atoms with van der Waals surface area (Å²) in [4.78, 5) is 11.2. The van der Waals surface area contributed by atoms with Gasteiger partial charge in [0.2, 0.25) is 0 Å². The number of carbonyl (C=O) groups excluding carboxylic acids is 1. The van der Waals surface area contributed by atoms with Crippen LogP contribution in [0.3, 0.4) is 0 Å². The Morgan fingerprint density at radius 3 is 2.75 bits per heavy atom. The first kappa shape index (κ1) is 12.5. The Balaban J connectivity index is 2.33. The lowest BCUT2D eigenvalue weighted by atomic mass is 10.1. The predicted molar refractivity (Wildman–Crippen MR) is 61.2 cm³/mol. The summed E-state index contributed by atoms with van der Waals surface area (Å²) in [7, 11) is 0. The summed E-state index contributed by atoms with van der Waals surface area (Å²) >= 11 is 0. The van der Waals surface area contributed by atoms with Gasteiger partial charge in [0, 0.05) is 6.42 Å². The lowest BCUT2D eigenvalue weighted by molar-refractivity contribution is -0.117.